The third-order valence-electron chi connectivity index (χ3n) is 3.23. The molecular weight excluding hydrogens is 316 g/mol. The van der Waals surface area contributed by atoms with Crippen LogP contribution in [0.15, 0.2) is 11.1 Å². The summed E-state index contributed by atoms with van der Waals surface area (Å²) < 4.78 is 5.81. The zero-order valence-electron chi connectivity index (χ0n) is 9.90. The minimum absolute atomic E-state index is 0.0392. The van der Waals surface area contributed by atoms with Gasteiger partial charge in [0.2, 0.25) is 0 Å². The third-order valence-corrected chi connectivity index (χ3v) is 5.37. The maximum Gasteiger partial charge on any atom is 0.259 e. The van der Waals surface area contributed by atoms with Gasteiger partial charge in [-0.2, -0.15) is 0 Å². The lowest BCUT2D eigenvalue weighted by molar-refractivity contribution is 0.0589. The first-order chi connectivity index (χ1) is 8.72. The highest BCUT2D eigenvalue weighted by atomic mass is 79.9. The fraction of sp³-hybridized carbons (Fsp3) is 0.500. The summed E-state index contributed by atoms with van der Waals surface area (Å²) in [5, 5.41) is 0.751. The minimum atomic E-state index is -0.0410. The second-order valence-corrected chi connectivity index (χ2v) is 6.49. The molecule has 0 aliphatic heterocycles. The van der Waals surface area contributed by atoms with E-state index in [9.17, 15) is 4.79 Å². The van der Waals surface area contributed by atoms with Gasteiger partial charge in [0.15, 0.2) is 0 Å². The predicted molar refractivity (Wildman–Crippen MR) is 75.6 cm³/mol. The van der Waals surface area contributed by atoms with Gasteiger partial charge in [0.25, 0.3) is 5.56 Å². The van der Waals surface area contributed by atoms with Gasteiger partial charge in [0.1, 0.15) is 10.9 Å². The van der Waals surface area contributed by atoms with Crippen molar-refractivity contribution >= 4 is 37.5 Å². The summed E-state index contributed by atoms with van der Waals surface area (Å²) in [5.41, 5.74) is 1.08. The monoisotopic (exact) mass is 328 g/mol. The lowest BCUT2D eigenvalue weighted by Crippen LogP contribution is -2.22. The summed E-state index contributed by atoms with van der Waals surface area (Å²) in [6.07, 6.45) is 3.40. The van der Waals surface area contributed by atoms with Gasteiger partial charge in [-0.3, -0.25) is 4.79 Å². The molecule has 2 atom stereocenters. The molecule has 0 bridgehead atoms. The molecule has 0 spiro atoms. The highest BCUT2D eigenvalue weighted by Gasteiger charge is 2.32. The van der Waals surface area contributed by atoms with Gasteiger partial charge in [-0.1, -0.05) is 15.9 Å². The standard InChI is InChI=1S/C12H13BrN2O2S/c1-2-17-9-7(13)4-3-6-8-11(16)14-5-15-12(8)18-10(6)9/h5,7,9H,2-4H2,1H3,(H,14,15,16)/t7-,9-/m1/s1. The van der Waals surface area contributed by atoms with E-state index in [0.29, 0.717) is 11.4 Å². The van der Waals surface area contributed by atoms with Gasteiger partial charge in [0, 0.05) is 16.3 Å². The van der Waals surface area contributed by atoms with Crippen molar-refractivity contribution < 1.29 is 4.74 Å². The first-order valence-electron chi connectivity index (χ1n) is 5.97. The lowest BCUT2D eigenvalue weighted by atomic mass is 9.95. The largest absolute Gasteiger partial charge is 0.372 e. The van der Waals surface area contributed by atoms with E-state index in [4.69, 9.17) is 4.74 Å². The summed E-state index contributed by atoms with van der Waals surface area (Å²) in [4.78, 5) is 21.1. The van der Waals surface area contributed by atoms with E-state index >= 15 is 0 Å². The molecule has 0 radical (unpaired) electrons. The Morgan fingerprint density at radius 2 is 2.50 bits per heavy atom. The number of nitrogens with zero attached hydrogens (tertiary/aromatic N) is 1. The number of nitrogens with one attached hydrogen (secondary N) is 1. The molecule has 18 heavy (non-hydrogen) atoms. The first kappa shape index (κ1) is 12.3. The molecule has 0 saturated carbocycles. The highest BCUT2D eigenvalue weighted by Crippen LogP contribution is 2.43. The molecule has 0 saturated heterocycles. The maximum atomic E-state index is 11.9. The number of thiophene rings is 1. The molecule has 0 amide bonds. The van der Waals surface area contributed by atoms with Crippen LogP contribution in [0, 0.1) is 0 Å². The average Bonchev–Trinajstić information content (AvgIpc) is 2.73. The quantitative estimate of drug-likeness (QED) is 0.862. The second-order valence-electron chi connectivity index (χ2n) is 4.29. The minimum Gasteiger partial charge on any atom is -0.372 e. The molecule has 3 rings (SSSR count). The van der Waals surface area contributed by atoms with E-state index in [0.717, 1.165) is 33.5 Å². The van der Waals surface area contributed by atoms with Crippen molar-refractivity contribution in [3.05, 3.63) is 27.1 Å². The summed E-state index contributed by atoms with van der Waals surface area (Å²) in [5.74, 6) is 0. The fourth-order valence-corrected chi connectivity index (χ4v) is 4.58. The van der Waals surface area contributed by atoms with E-state index in [1.165, 1.54) is 6.33 Å². The summed E-state index contributed by atoms with van der Waals surface area (Å²) in [6.45, 7) is 2.66. The van der Waals surface area contributed by atoms with Gasteiger partial charge in [0.05, 0.1) is 11.7 Å². The molecule has 2 aromatic rings. The van der Waals surface area contributed by atoms with Gasteiger partial charge in [-0.15, -0.1) is 11.3 Å². The van der Waals surface area contributed by atoms with Crippen LogP contribution in [-0.4, -0.2) is 21.4 Å². The molecule has 4 nitrogen and oxygen atoms in total. The van der Waals surface area contributed by atoms with E-state index in [2.05, 4.69) is 25.9 Å². The first-order valence-corrected chi connectivity index (χ1v) is 7.70. The normalized spacial score (nSPS) is 23.2. The van der Waals surface area contributed by atoms with Gasteiger partial charge in [-0.25, -0.2) is 4.98 Å². The van der Waals surface area contributed by atoms with Crippen LogP contribution >= 0.6 is 27.3 Å². The summed E-state index contributed by atoms with van der Waals surface area (Å²) in [7, 11) is 0. The van der Waals surface area contributed by atoms with Gasteiger partial charge >= 0.3 is 0 Å². The number of aromatic amines is 1. The van der Waals surface area contributed by atoms with Crippen LogP contribution in [0.4, 0.5) is 0 Å². The molecule has 1 aliphatic rings. The van der Waals surface area contributed by atoms with Crippen molar-refractivity contribution in [2.24, 2.45) is 0 Å². The highest BCUT2D eigenvalue weighted by molar-refractivity contribution is 9.09. The van der Waals surface area contributed by atoms with E-state index in [1.807, 2.05) is 6.92 Å². The number of alkyl halides is 1. The van der Waals surface area contributed by atoms with Crippen molar-refractivity contribution in [3.8, 4) is 0 Å². The molecule has 2 heterocycles. The van der Waals surface area contributed by atoms with E-state index in [-0.39, 0.29) is 11.7 Å². The number of aromatic nitrogens is 2. The number of H-pyrrole nitrogens is 1. The van der Waals surface area contributed by atoms with Crippen LogP contribution in [0.1, 0.15) is 29.9 Å². The van der Waals surface area contributed by atoms with Crippen LogP contribution < -0.4 is 5.56 Å². The third kappa shape index (κ3) is 1.83. The number of hydrogen-bond acceptors (Lipinski definition) is 4. The van der Waals surface area contributed by atoms with Crippen molar-refractivity contribution in [1.29, 1.82) is 0 Å². The molecular formula is C12H13BrN2O2S. The Morgan fingerprint density at radius 1 is 1.67 bits per heavy atom. The van der Waals surface area contributed by atoms with E-state index < -0.39 is 0 Å². The molecule has 0 aromatic carbocycles. The van der Waals surface area contributed by atoms with Crippen LogP contribution in [0.2, 0.25) is 0 Å². The number of fused-ring (bicyclic) bond motifs is 3. The smallest absolute Gasteiger partial charge is 0.259 e. The molecule has 2 aromatic heterocycles. The predicted octanol–water partition coefficient (Wildman–Crippen LogP) is 2.77. The number of ether oxygens (including phenoxy) is 1. The van der Waals surface area contributed by atoms with E-state index in [1.54, 1.807) is 11.3 Å². The maximum absolute atomic E-state index is 11.9. The van der Waals surface area contributed by atoms with Crippen LogP contribution in [-0.2, 0) is 11.2 Å². The molecule has 0 fully saturated rings. The van der Waals surface area contributed by atoms with Gasteiger partial charge < -0.3 is 9.72 Å². The Morgan fingerprint density at radius 3 is 3.28 bits per heavy atom. The average molecular weight is 329 g/mol. The molecule has 96 valence electrons. The van der Waals surface area contributed by atoms with Crippen LogP contribution in [0.3, 0.4) is 0 Å². The lowest BCUT2D eigenvalue weighted by Gasteiger charge is -2.27. The van der Waals surface area contributed by atoms with Gasteiger partial charge in [-0.05, 0) is 25.3 Å². The number of aryl methyl sites for hydroxylation is 1. The second kappa shape index (κ2) is 4.75. The number of rotatable bonds is 2. The summed E-state index contributed by atoms with van der Waals surface area (Å²) >= 11 is 5.26. The molecule has 1 N–H and O–H groups in total. The topological polar surface area (TPSA) is 55.0 Å². The van der Waals surface area contributed by atoms with Crippen molar-refractivity contribution in [2.75, 3.05) is 6.61 Å². The Bertz CT molecular complexity index is 637. The Kier molecular flexibility index (Phi) is 3.25. The number of hydrogen-bond donors (Lipinski definition) is 1. The zero-order valence-corrected chi connectivity index (χ0v) is 12.3. The van der Waals surface area contributed by atoms with Crippen LogP contribution in [0.5, 0.6) is 0 Å². The molecule has 6 heteroatoms. The van der Waals surface area contributed by atoms with Crippen LogP contribution in [0.25, 0.3) is 10.2 Å². The Hall–Kier alpha value is -0.720. The Labute approximate surface area is 117 Å². The summed E-state index contributed by atoms with van der Waals surface area (Å²) in [6, 6.07) is 0. The SMILES string of the molecule is CCO[C@H]1c2sc3nc[nH]c(=O)c3c2CC[C@H]1Br. The van der Waals surface area contributed by atoms with Crippen molar-refractivity contribution in [2.45, 2.75) is 30.7 Å². The molecule has 0 unspecified atom stereocenters. The zero-order chi connectivity index (χ0) is 12.7. The van der Waals surface area contributed by atoms with Crippen molar-refractivity contribution in [1.82, 2.24) is 9.97 Å². The molecule has 1 aliphatic carbocycles. The Balaban J connectivity index is 2.22. The number of halogens is 1. The fourth-order valence-electron chi connectivity index (χ4n) is 2.45. The van der Waals surface area contributed by atoms with Crippen molar-refractivity contribution in [3.63, 3.8) is 0 Å².